The molecule has 12 heteroatoms. The van der Waals surface area contributed by atoms with E-state index in [0.29, 0.717) is 11.1 Å². The van der Waals surface area contributed by atoms with Crippen LogP contribution < -0.4 is 9.46 Å². The van der Waals surface area contributed by atoms with Crippen molar-refractivity contribution in [1.29, 1.82) is 0 Å². The number of hydrogen-bond donors (Lipinski definition) is 2. The number of ether oxygens (including phenoxy) is 1. The minimum Gasteiger partial charge on any atom is -0.491 e. The van der Waals surface area contributed by atoms with Crippen LogP contribution in [-0.4, -0.2) is 41.4 Å². The molecule has 33 heavy (non-hydrogen) atoms. The molecule has 0 radical (unpaired) electrons. The number of nitrogens with zero attached hydrogens (tertiary/aromatic N) is 3. The van der Waals surface area contributed by atoms with Gasteiger partial charge in [0.1, 0.15) is 10.7 Å². The van der Waals surface area contributed by atoms with Crippen LogP contribution >= 0.6 is 11.6 Å². The van der Waals surface area contributed by atoms with E-state index >= 15 is 0 Å². The van der Waals surface area contributed by atoms with E-state index in [9.17, 15) is 17.6 Å². The molecular formula is C21H21ClFN5O4S. The summed E-state index contributed by atoms with van der Waals surface area (Å²) in [6, 6.07) is 4.51. The average molecular weight is 494 g/mol. The second-order valence-electron chi connectivity index (χ2n) is 7.83. The summed E-state index contributed by atoms with van der Waals surface area (Å²) in [5, 5.41) is 13.8. The highest BCUT2D eigenvalue weighted by molar-refractivity contribution is 7.89. The summed E-state index contributed by atoms with van der Waals surface area (Å²) in [6.07, 6.45) is 0.0953. The van der Waals surface area contributed by atoms with Crippen LogP contribution in [0, 0.1) is 19.7 Å². The molecule has 3 aromatic rings. The van der Waals surface area contributed by atoms with Crippen molar-refractivity contribution in [3.63, 3.8) is 0 Å². The third-order valence-electron chi connectivity index (χ3n) is 5.82. The zero-order chi connectivity index (χ0) is 23.9. The van der Waals surface area contributed by atoms with Gasteiger partial charge in [-0.2, -0.15) is 9.94 Å². The fourth-order valence-corrected chi connectivity index (χ4v) is 5.64. The van der Waals surface area contributed by atoms with Crippen LogP contribution in [0.4, 0.5) is 4.39 Å². The molecule has 2 heterocycles. The number of rotatable bonds is 6. The molecular weight excluding hydrogens is 473 g/mol. The van der Waals surface area contributed by atoms with Crippen LogP contribution in [0.25, 0.3) is 0 Å². The monoisotopic (exact) mass is 493 g/mol. The molecule has 2 aromatic carbocycles. The lowest BCUT2D eigenvalue weighted by Gasteiger charge is -2.26. The van der Waals surface area contributed by atoms with Crippen molar-refractivity contribution >= 4 is 27.4 Å². The predicted octanol–water partition coefficient (Wildman–Crippen LogP) is 3.40. The summed E-state index contributed by atoms with van der Waals surface area (Å²) < 4.78 is 49.9. The van der Waals surface area contributed by atoms with Gasteiger partial charge >= 0.3 is 0 Å². The quantitative estimate of drug-likeness (QED) is 0.538. The van der Waals surface area contributed by atoms with Gasteiger partial charge in [0.25, 0.3) is 0 Å². The Morgan fingerprint density at radius 1 is 1.24 bits per heavy atom. The van der Waals surface area contributed by atoms with E-state index in [1.807, 2.05) is 6.92 Å². The van der Waals surface area contributed by atoms with Crippen molar-refractivity contribution < 1.29 is 22.3 Å². The lowest BCUT2D eigenvalue weighted by atomic mass is 9.88. The largest absolute Gasteiger partial charge is 0.491 e. The molecule has 0 saturated heterocycles. The van der Waals surface area contributed by atoms with Crippen LogP contribution in [0.1, 0.15) is 58.2 Å². The molecule has 0 aliphatic carbocycles. The van der Waals surface area contributed by atoms with Crippen molar-refractivity contribution in [2.75, 3.05) is 6.61 Å². The highest BCUT2D eigenvalue weighted by Gasteiger charge is 2.36. The van der Waals surface area contributed by atoms with E-state index in [4.69, 9.17) is 16.3 Å². The Morgan fingerprint density at radius 3 is 2.70 bits per heavy atom. The molecule has 174 valence electrons. The molecule has 0 amide bonds. The minimum atomic E-state index is -4.29. The third kappa shape index (κ3) is 4.23. The van der Waals surface area contributed by atoms with Crippen molar-refractivity contribution in [3.05, 3.63) is 63.2 Å². The molecule has 0 bridgehead atoms. The Labute approximate surface area is 194 Å². The number of ketones is 1. The summed E-state index contributed by atoms with van der Waals surface area (Å²) in [5.74, 6) is -1.56. The van der Waals surface area contributed by atoms with E-state index in [1.54, 1.807) is 19.9 Å². The highest BCUT2D eigenvalue weighted by Crippen LogP contribution is 2.39. The van der Waals surface area contributed by atoms with E-state index < -0.39 is 27.8 Å². The van der Waals surface area contributed by atoms with Crippen LogP contribution in [0.15, 0.2) is 29.2 Å². The molecule has 2 atom stereocenters. The van der Waals surface area contributed by atoms with E-state index in [1.165, 1.54) is 18.2 Å². The Bertz CT molecular complexity index is 1330. The smallest absolute Gasteiger partial charge is 0.244 e. The summed E-state index contributed by atoms with van der Waals surface area (Å²) in [6.45, 7) is 5.31. The third-order valence-corrected chi connectivity index (χ3v) is 7.60. The first-order valence-corrected chi connectivity index (χ1v) is 12.0. The number of H-pyrrole nitrogens is 1. The van der Waals surface area contributed by atoms with Gasteiger partial charge in [-0.25, -0.2) is 12.8 Å². The van der Waals surface area contributed by atoms with Crippen LogP contribution in [0.3, 0.4) is 0 Å². The van der Waals surface area contributed by atoms with Crippen molar-refractivity contribution in [2.45, 2.75) is 44.0 Å². The second-order valence-corrected chi connectivity index (χ2v) is 9.92. The minimum absolute atomic E-state index is 0.0236. The standard InChI is InChI=1S/C21H21ClFN5O4S/c1-10-4-6-14(23)17(11(10)2)12(3)19(21-24-27-28-25-21)26-33(30,31)16-7-5-13(22)18-15(29)8-9-32-20(16)18/h4-7,12,19,26H,8-9H2,1-3H3,(H,24,25,27,28)/t12-,19+/m1/s1. The van der Waals surface area contributed by atoms with E-state index in [-0.39, 0.29) is 45.9 Å². The molecule has 0 spiro atoms. The predicted molar refractivity (Wildman–Crippen MR) is 117 cm³/mol. The zero-order valence-electron chi connectivity index (χ0n) is 18.0. The first-order valence-electron chi connectivity index (χ1n) is 10.1. The lowest BCUT2D eigenvalue weighted by Crippen LogP contribution is -2.34. The van der Waals surface area contributed by atoms with Gasteiger partial charge in [0.2, 0.25) is 10.0 Å². The maximum absolute atomic E-state index is 14.8. The van der Waals surface area contributed by atoms with Crippen LogP contribution in [0.2, 0.25) is 5.02 Å². The highest BCUT2D eigenvalue weighted by atomic mass is 35.5. The van der Waals surface area contributed by atoms with Crippen molar-refractivity contribution in [2.24, 2.45) is 0 Å². The van der Waals surface area contributed by atoms with Crippen molar-refractivity contribution in [1.82, 2.24) is 25.3 Å². The number of aromatic amines is 1. The molecule has 4 rings (SSSR count). The number of tetrazole rings is 1. The number of Topliss-reactive ketones (excluding diaryl/α,β-unsaturated/α-hetero) is 1. The Kier molecular flexibility index (Phi) is 6.21. The molecule has 1 aliphatic rings. The van der Waals surface area contributed by atoms with Gasteiger partial charge in [0.05, 0.1) is 23.2 Å². The zero-order valence-corrected chi connectivity index (χ0v) is 19.6. The van der Waals surface area contributed by atoms with Gasteiger partial charge in [-0.05, 0) is 48.7 Å². The number of halogens is 2. The number of aryl methyl sites for hydroxylation is 1. The first kappa shape index (κ1) is 23.3. The summed E-state index contributed by atoms with van der Waals surface area (Å²) in [5.41, 5.74) is 1.90. The van der Waals surface area contributed by atoms with Gasteiger partial charge < -0.3 is 4.74 Å². The number of hydrogen-bond acceptors (Lipinski definition) is 7. The van der Waals surface area contributed by atoms with Gasteiger partial charge in [-0.3, -0.25) is 4.79 Å². The fourth-order valence-electron chi connectivity index (χ4n) is 3.97. The Balaban J connectivity index is 1.80. The van der Waals surface area contributed by atoms with Crippen molar-refractivity contribution in [3.8, 4) is 5.75 Å². The number of aromatic nitrogens is 4. The lowest BCUT2D eigenvalue weighted by molar-refractivity contribution is 0.0931. The molecule has 9 nitrogen and oxygen atoms in total. The maximum Gasteiger partial charge on any atom is 0.244 e. The molecule has 2 N–H and O–H groups in total. The molecule has 0 saturated carbocycles. The van der Waals surface area contributed by atoms with E-state index in [2.05, 4.69) is 25.3 Å². The summed E-state index contributed by atoms with van der Waals surface area (Å²) >= 11 is 6.14. The van der Waals surface area contributed by atoms with Crippen LogP contribution in [-0.2, 0) is 10.0 Å². The maximum atomic E-state index is 14.8. The average Bonchev–Trinajstić information content (AvgIpc) is 3.29. The molecule has 1 aliphatic heterocycles. The number of carbonyl (C=O) groups is 1. The normalized spacial score (nSPS) is 15.6. The van der Waals surface area contributed by atoms with Crippen LogP contribution in [0.5, 0.6) is 5.75 Å². The molecule has 1 aromatic heterocycles. The number of fused-ring (bicyclic) bond motifs is 1. The Morgan fingerprint density at radius 2 is 2.00 bits per heavy atom. The fraction of sp³-hybridized carbons (Fsp3) is 0.333. The first-order chi connectivity index (χ1) is 15.6. The van der Waals surface area contributed by atoms with Gasteiger partial charge in [-0.15, -0.1) is 10.2 Å². The number of carbonyl (C=O) groups excluding carboxylic acids is 1. The molecule has 0 fully saturated rings. The second kappa shape index (κ2) is 8.81. The van der Waals surface area contributed by atoms with Gasteiger partial charge in [-0.1, -0.05) is 29.8 Å². The van der Waals surface area contributed by atoms with E-state index in [0.717, 1.165) is 5.56 Å². The van der Waals surface area contributed by atoms with Gasteiger partial charge in [0, 0.05) is 12.3 Å². The SMILES string of the molecule is Cc1ccc(F)c([C@@H](C)[C@H](NS(=O)(=O)c2ccc(Cl)c3c2OCCC3=O)c2nn[nH]n2)c1C. The summed E-state index contributed by atoms with van der Waals surface area (Å²) in [7, 11) is -4.29. The number of benzene rings is 2. The topological polar surface area (TPSA) is 127 Å². The molecule has 0 unspecified atom stereocenters. The number of sulfonamides is 1. The summed E-state index contributed by atoms with van der Waals surface area (Å²) in [4.78, 5) is 12.1. The Hall–Kier alpha value is -2.89. The number of nitrogens with one attached hydrogen (secondary N) is 2. The van der Waals surface area contributed by atoms with Gasteiger partial charge in [0.15, 0.2) is 17.4 Å².